The summed E-state index contributed by atoms with van der Waals surface area (Å²) >= 11 is 0. The van der Waals surface area contributed by atoms with Crippen molar-refractivity contribution in [2.75, 3.05) is 0 Å². The van der Waals surface area contributed by atoms with Gasteiger partial charge in [0.15, 0.2) is 0 Å². The lowest BCUT2D eigenvalue weighted by molar-refractivity contribution is 0.601. The molecule has 0 saturated heterocycles. The normalized spacial score (nSPS) is 28.8. The molecule has 0 amide bonds. The molecule has 0 saturated carbocycles. The van der Waals surface area contributed by atoms with E-state index in [1.165, 1.54) is 12.1 Å². The van der Waals surface area contributed by atoms with Gasteiger partial charge in [0.05, 0.1) is 11.7 Å². The summed E-state index contributed by atoms with van der Waals surface area (Å²) in [6, 6.07) is 0.481. The Hall–Kier alpha value is -1.05. The third-order valence-electron chi connectivity index (χ3n) is 1.84. The van der Waals surface area contributed by atoms with Crippen molar-refractivity contribution in [1.29, 1.82) is 0 Å². The highest BCUT2D eigenvalue weighted by Gasteiger charge is 2.15. The van der Waals surface area contributed by atoms with Gasteiger partial charge in [0.2, 0.25) is 0 Å². The van der Waals surface area contributed by atoms with Gasteiger partial charge in [-0.15, -0.1) is 0 Å². The fourth-order valence-electron chi connectivity index (χ4n) is 1.30. The maximum atomic E-state index is 4.27. The molecule has 52 valence electrons. The lowest BCUT2D eigenvalue weighted by Crippen LogP contribution is -2.29. The fraction of sp³-hybridized carbons (Fsp3) is 0.375. The van der Waals surface area contributed by atoms with Gasteiger partial charge in [-0.2, -0.15) is 0 Å². The highest BCUT2D eigenvalue weighted by Crippen LogP contribution is 2.16. The van der Waals surface area contributed by atoms with Gasteiger partial charge in [0.25, 0.3) is 0 Å². The van der Waals surface area contributed by atoms with E-state index in [0.717, 1.165) is 6.42 Å². The van der Waals surface area contributed by atoms with Crippen molar-refractivity contribution in [2.45, 2.75) is 18.9 Å². The van der Waals surface area contributed by atoms with Crippen LogP contribution in [0.25, 0.3) is 0 Å². The molecular weight excluding hydrogens is 124 g/mol. The molecule has 1 unspecified atom stereocenters. The van der Waals surface area contributed by atoms with Gasteiger partial charge in [0.1, 0.15) is 0 Å². The molecule has 0 fully saturated rings. The number of hydrogen-bond donors (Lipinski definition) is 1. The van der Waals surface area contributed by atoms with Crippen LogP contribution in [-0.2, 0) is 0 Å². The summed E-state index contributed by atoms with van der Waals surface area (Å²) in [6.45, 7) is 0. The van der Waals surface area contributed by atoms with Crippen molar-refractivity contribution in [1.82, 2.24) is 5.32 Å². The zero-order valence-electron chi connectivity index (χ0n) is 5.75. The molecule has 2 heteroatoms. The summed E-state index contributed by atoms with van der Waals surface area (Å²) in [7, 11) is 0. The SMILES string of the molecule is C1=CNC2CCC=NC2=C1. The number of hydrogen-bond acceptors (Lipinski definition) is 2. The molecule has 0 spiro atoms. The predicted molar refractivity (Wildman–Crippen MR) is 41.9 cm³/mol. The Morgan fingerprint density at radius 1 is 1.60 bits per heavy atom. The van der Waals surface area contributed by atoms with Crippen molar-refractivity contribution in [3.8, 4) is 0 Å². The van der Waals surface area contributed by atoms with Crippen molar-refractivity contribution < 1.29 is 0 Å². The van der Waals surface area contributed by atoms with E-state index in [9.17, 15) is 0 Å². The molecule has 0 aliphatic carbocycles. The molecular formula is C8H10N2. The van der Waals surface area contributed by atoms with Crippen molar-refractivity contribution in [3.05, 3.63) is 24.0 Å². The molecule has 2 nitrogen and oxygen atoms in total. The topological polar surface area (TPSA) is 24.4 Å². The van der Waals surface area contributed by atoms with E-state index in [-0.39, 0.29) is 0 Å². The zero-order valence-corrected chi connectivity index (χ0v) is 5.75. The first kappa shape index (κ1) is 5.71. The molecule has 2 aliphatic rings. The van der Waals surface area contributed by atoms with E-state index in [0.29, 0.717) is 6.04 Å². The molecule has 1 atom stereocenters. The highest BCUT2D eigenvalue weighted by molar-refractivity contribution is 5.61. The van der Waals surface area contributed by atoms with E-state index in [1.54, 1.807) is 0 Å². The molecule has 0 aromatic heterocycles. The van der Waals surface area contributed by atoms with Gasteiger partial charge >= 0.3 is 0 Å². The minimum Gasteiger partial charge on any atom is -0.382 e. The van der Waals surface area contributed by atoms with Crippen LogP contribution in [0.1, 0.15) is 12.8 Å². The minimum absolute atomic E-state index is 0.481. The van der Waals surface area contributed by atoms with Gasteiger partial charge in [0, 0.05) is 6.21 Å². The maximum absolute atomic E-state index is 4.27. The van der Waals surface area contributed by atoms with Gasteiger partial charge in [-0.1, -0.05) is 0 Å². The highest BCUT2D eigenvalue weighted by atomic mass is 15.0. The Morgan fingerprint density at radius 2 is 2.60 bits per heavy atom. The number of allylic oxidation sites excluding steroid dienone is 2. The first-order chi connectivity index (χ1) is 4.97. The summed E-state index contributed by atoms with van der Waals surface area (Å²) in [5.74, 6) is 0. The summed E-state index contributed by atoms with van der Waals surface area (Å²) in [5, 5.41) is 3.26. The van der Waals surface area contributed by atoms with Crippen LogP contribution in [0.5, 0.6) is 0 Å². The zero-order chi connectivity index (χ0) is 6.81. The summed E-state index contributed by atoms with van der Waals surface area (Å²) in [4.78, 5) is 4.27. The average Bonchev–Trinajstić information content (AvgIpc) is 2.05. The number of nitrogens with one attached hydrogen (secondary N) is 1. The molecule has 2 heterocycles. The molecule has 2 rings (SSSR count). The summed E-state index contributed by atoms with van der Waals surface area (Å²) < 4.78 is 0. The van der Waals surface area contributed by atoms with Crippen LogP contribution in [0, 0.1) is 0 Å². The smallest absolute Gasteiger partial charge is 0.0683 e. The molecule has 2 aliphatic heterocycles. The second-order valence-electron chi connectivity index (χ2n) is 2.56. The van der Waals surface area contributed by atoms with E-state index in [2.05, 4.69) is 16.4 Å². The minimum atomic E-state index is 0.481. The maximum Gasteiger partial charge on any atom is 0.0683 e. The van der Waals surface area contributed by atoms with Crippen LogP contribution in [0.2, 0.25) is 0 Å². The van der Waals surface area contributed by atoms with Crippen LogP contribution in [0.4, 0.5) is 0 Å². The monoisotopic (exact) mass is 134 g/mol. The Balaban J connectivity index is 2.27. The van der Waals surface area contributed by atoms with Crippen LogP contribution in [-0.4, -0.2) is 12.3 Å². The Bertz CT molecular complexity index is 213. The predicted octanol–water partition coefficient (Wildman–Crippen LogP) is 1.22. The van der Waals surface area contributed by atoms with Crippen molar-refractivity contribution >= 4 is 6.21 Å². The molecule has 0 aromatic rings. The van der Waals surface area contributed by atoms with Crippen LogP contribution >= 0.6 is 0 Å². The Labute approximate surface area is 60.3 Å². The van der Waals surface area contributed by atoms with Crippen molar-refractivity contribution in [2.24, 2.45) is 4.99 Å². The lowest BCUT2D eigenvalue weighted by atomic mass is 10.0. The molecule has 0 aromatic carbocycles. The number of rotatable bonds is 0. The average molecular weight is 134 g/mol. The molecule has 0 radical (unpaired) electrons. The third kappa shape index (κ3) is 0.856. The van der Waals surface area contributed by atoms with Gasteiger partial charge in [-0.3, -0.25) is 4.99 Å². The van der Waals surface area contributed by atoms with E-state index in [4.69, 9.17) is 0 Å². The number of nitrogens with zero attached hydrogens (tertiary/aromatic N) is 1. The van der Waals surface area contributed by atoms with Crippen LogP contribution in [0.3, 0.4) is 0 Å². The van der Waals surface area contributed by atoms with E-state index >= 15 is 0 Å². The second kappa shape index (κ2) is 2.29. The molecule has 0 bridgehead atoms. The fourth-order valence-corrected chi connectivity index (χ4v) is 1.30. The number of fused-ring (bicyclic) bond motifs is 1. The second-order valence-corrected chi connectivity index (χ2v) is 2.56. The number of aliphatic imine (C=N–C) groups is 1. The standard InChI is InChI=1S/C8H10N2/c1-3-7-8(9-5-1)4-2-6-10-7/h1,3,5-6,8-9H,2,4H2. The van der Waals surface area contributed by atoms with Crippen molar-refractivity contribution in [3.63, 3.8) is 0 Å². The lowest BCUT2D eigenvalue weighted by Gasteiger charge is -2.22. The van der Waals surface area contributed by atoms with E-state index in [1.807, 2.05) is 18.5 Å². The third-order valence-corrected chi connectivity index (χ3v) is 1.84. The van der Waals surface area contributed by atoms with E-state index < -0.39 is 0 Å². The first-order valence-corrected chi connectivity index (χ1v) is 3.62. The van der Waals surface area contributed by atoms with Crippen LogP contribution in [0.15, 0.2) is 29.0 Å². The van der Waals surface area contributed by atoms with Gasteiger partial charge < -0.3 is 5.32 Å². The summed E-state index contributed by atoms with van der Waals surface area (Å²) in [5.41, 5.74) is 1.17. The quantitative estimate of drug-likeness (QED) is 0.529. The van der Waals surface area contributed by atoms with Crippen LogP contribution < -0.4 is 5.32 Å². The van der Waals surface area contributed by atoms with Gasteiger partial charge in [-0.05, 0) is 31.2 Å². The van der Waals surface area contributed by atoms with Gasteiger partial charge in [-0.25, -0.2) is 0 Å². The Kier molecular flexibility index (Phi) is 1.31. The number of dihydropyridines is 1. The summed E-state index contributed by atoms with van der Waals surface area (Å²) in [6.07, 6.45) is 10.3. The Morgan fingerprint density at radius 3 is 3.50 bits per heavy atom. The first-order valence-electron chi connectivity index (χ1n) is 3.62. The largest absolute Gasteiger partial charge is 0.382 e. The molecule has 10 heavy (non-hydrogen) atoms. The molecule has 1 N–H and O–H groups in total.